The maximum Gasteiger partial charge on any atom is 0.334 e. The highest BCUT2D eigenvalue weighted by molar-refractivity contribution is 5.91. The first-order valence-corrected chi connectivity index (χ1v) is 7.40. The quantitative estimate of drug-likeness (QED) is 0.456. The van der Waals surface area contributed by atoms with Crippen LogP contribution in [0.4, 0.5) is 0 Å². The van der Waals surface area contributed by atoms with Crippen molar-refractivity contribution in [1.29, 1.82) is 0 Å². The lowest BCUT2D eigenvalue weighted by atomic mass is 9.85. The summed E-state index contributed by atoms with van der Waals surface area (Å²) >= 11 is 0. The minimum absolute atomic E-state index is 0.137. The van der Waals surface area contributed by atoms with Crippen molar-refractivity contribution >= 4 is 11.9 Å². The Balaban J connectivity index is 2.33. The molecule has 0 aromatic carbocycles. The van der Waals surface area contributed by atoms with Crippen molar-refractivity contribution in [3.63, 3.8) is 0 Å². The van der Waals surface area contributed by atoms with Gasteiger partial charge in [-0.05, 0) is 37.0 Å². The Kier molecular flexibility index (Phi) is 4.86. The van der Waals surface area contributed by atoms with E-state index in [2.05, 4.69) is 13.2 Å². The van der Waals surface area contributed by atoms with E-state index in [4.69, 9.17) is 9.47 Å². The van der Waals surface area contributed by atoms with Crippen LogP contribution in [0.25, 0.3) is 0 Å². The molecule has 1 heterocycles. The number of ether oxygens (including phenoxy) is 2. The van der Waals surface area contributed by atoms with Crippen molar-refractivity contribution < 1.29 is 24.2 Å². The van der Waals surface area contributed by atoms with Crippen LogP contribution in [0.15, 0.2) is 36.0 Å². The number of rotatable bonds is 1. The molecule has 4 atom stereocenters. The lowest BCUT2D eigenvalue weighted by molar-refractivity contribution is -0.146. The summed E-state index contributed by atoms with van der Waals surface area (Å²) in [7, 11) is 0. The van der Waals surface area contributed by atoms with Crippen molar-refractivity contribution in [2.75, 3.05) is 0 Å². The minimum Gasteiger partial charge on any atom is -0.458 e. The summed E-state index contributed by atoms with van der Waals surface area (Å²) in [6, 6.07) is 0. The van der Waals surface area contributed by atoms with Gasteiger partial charge < -0.3 is 14.6 Å². The monoisotopic (exact) mass is 306 g/mol. The van der Waals surface area contributed by atoms with Crippen LogP contribution in [0.1, 0.15) is 33.1 Å². The second-order valence-corrected chi connectivity index (χ2v) is 5.96. The Morgan fingerprint density at radius 1 is 1.45 bits per heavy atom. The molecule has 0 unspecified atom stereocenters. The van der Waals surface area contributed by atoms with E-state index in [1.54, 1.807) is 13.0 Å². The van der Waals surface area contributed by atoms with Crippen molar-refractivity contribution in [3.8, 4) is 0 Å². The van der Waals surface area contributed by atoms with E-state index in [-0.39, 0.29) is 12.3 Å². The number of aliphatic hydroxyl groups excluding tert-OH is 1. The molecule has 2 aliphatic rings. The van der Waals surface area contributed by atoms with Crippen LogP contribution in [0.5, 0.6) is 0 Å². The molecule has 5 heteroatoms. The summed E-state index contributed by atoms with van der Waals surface area (Å²) in [5.74, 6) is -0.951. The van der Waals surface area contributed by atoms with Gasteiger partial charge in [-0.25, -0.2) is 4.79 Å². The smallest absolute Gasteiger partial charge is 0.334 e. The third kappa shape index (κ3) is 3.47. The van der Waals surface area contributed by atoms with Crippen molar-refractivity contribution in [2.45, 2.75) is 51.4 Å². The van der Waals surface area contributed by atoms with E-state index < -0.39 is 30.3 Å². The lowest BCUT2D eigenvalue weighted by Gasteiger charge is -2.26. The molecule has 5 nitrogen and oxygen atoms in total. The first kappa shape index (κ1) is 16.5. The molecule has 1 aliphatic carbocycles. The SMILES string of the molecule is C=C1C(=O)O[C@H]2/C=C(\C)[C@H](OC(C)=O)C[C@H](O)C(=C)CC[C@H]12. The number of carbonyl (C=O) groups is 2. The highest BCUT2D eigenvalue weighted by Crippen LogP contribution is 2.35. The molecule has 120 valence electrons. The van der Waals surface area contributed by atoms with E-state index in [0.717, 1.165) is 5.57 Å². The Bertz CT molecular complexity index is 545. The standard InChI is InChI=1S/C17H22O5/c1-9-5-6-13-11(3)17(20)22-16(13)7-10(2)15(8-14(9)19)21-12(4)18/h7,13-16,19H,1,3,5-6,8H2,2,4H3/b10-7+/t13-,14+,15-,16+/m1/s1. The summed E-state index contributed by atoms with van der Waals surface area (Å²) in [5.41, 5.74) is 1.86. The maximum absolute atomic E-state index is 11.7. The predicted octanol–water partition coefficient (Wildman–Crippen LogP) is 2.06. The van der Waals surface area contributed by atoms with Crippen LogP contribution in [-0.2, 0) is 19.1 Å². The second-order valence-electron chi connectivity index (χ2n) is 5.96. The third-order valence-corrected chi connectivity index (χ3v) is 4.28. The van der Waals surface area contributed by atoms with Gasteiger partial charge in [-0.15, -0.1) is 0 Å². The van der Waals surface area contributed by atoms with Gasteiger partial charge in [-0.1, -0.05) is 13.2 Å². The molecule has 0 radical (unpaired) electrons. The minimum atomic E-state index is -0.754. The summed E-state index contributed by atoms with van der Waals surface area (Å²) in [4.78, 5) is 23.0. The van der Waals surface area contributed by atoms with Gasteiger partial charge in [0.25, 0.3) is 0 Å². The normalized spacial score (nSPS) is 35.2. The Hall–Kier alpha value is -1.88. The average Bonchev–Trinajstić information content (AvgIpc) is 2.69. The van der Waals surface area contributed by atoms with Gasteiger partial charge in [-0.3, -0.25) is 4.79 Å². The number of aliphatic hydroxyl groups is 1. The zero-order valence-electron chi connectivity index (χ0n) is 13.0. The summed E-state index contributed by atoms with van der Waals surface area (Å²) < 4.78 is 10.6. The number of hydrogen-bond donors (Lipinski definition) is 1. The van der Waals surface area contributed by atoms with Crippen LogP contribution in [0.2, 0.25) is 0 Å². The zero-order chi connectivity index (χ0) is 16.4. The number of carbonyl (C=O) groups excluding carboxylic acids is 2. The molecule has 0 amide bonds. The van der Waals surface area contributed by atoms with Gasteiger partial charge in [0.05, 0.1) is 6.10 Å². The van der Waals surface area contributed by atoms with E-state index in [9.17, 15) is 14.7 Å². The molecule has 1 N–H and O–H groups in total. The summed E-state index contributed by atoms with van der Waals surface area (Å²) in [5, 5.41) is 10.2. The first-order chi connectivity index (χ1) is 10.3. The Morgan fingerprint density at radius 2 is 2.14 bits per heavy atom. The lowest BCUT2D eigenvalue weighted by Crippen LogP contribution is -2.28. The van der Waals surface area contributed by atoms with Crippen molar-refractivity contribution in [2.24, 2.45) is 5.92 Å². The molecule has 0 bridgehead atoms. The first-order valence-electron chi connectivity index (χ1n) is 7.40. The van der Waals surface area contributed by atoms with Crippen LogP contribution in [-0.4, -0.2) is 35.4 Å². The summed E-state index contributed by atoms with van der Waals surface area (Å²) in [6.07, 6.45) is 1.56. The molecule has 0 spiro atoms. The van der Waals surface area contributed by atoms with Gasteiger partial charge in [0.1, 0.15) is 12.2 Å². The average molecular weight is 306 g/mol. The van der Waals surface area contributed by atoms with Crippen LogP contribution in [0.3, 0.4) is 0 Å². The number of esters is 2. The van der Waals surface area contributed by atoms with E-state index in [0.29, 0.717) is 24.0 Å². The number of fused-ring (bicyclic) bond motifs is 1. The van der Waals surface area contributed by atoms with Gasteiger partial charge in [0, 0.05) is 24.8 Å². The highest BCUT2D eigenvalue weighted by Gasteiger charge is 2.38. The second kappa shape index (κ2) is 6.48. The molecular formula is C17H22O5. The molecule has 0 aromatic heterocycles. The fourth-order valence-electron chi connectivity index (χ4n) is 2.89. The number of hydrogen-bond acceptors (Lipinski definition) is 5. The molecule has 22 heavy (non-hydrogen) atoms. The van der Waals surface area contributed by atoms with Gasteiger partial charge in [0.2, 0.25) is 0 Å². The summed E-state index contributed by atoms with van der Waals surface area (Å²) in [6.45, 7) is 10.8. The van der Waals surface area contributed by atoms with Crippen LogP contribution in [0, 0.1) is 5.92 Å². The topological polar surface area (TPSA) is 72.8 Å². The fraction of sp³-hybridized carbons (Fsp3) is 0.529. The fourth-order valence-corrected chi connectivity index (χ4v) is 2.89. The molecule has 2 rings (SSSR count). The largest absolute Gasteiger partial charge is 0.458 e. The van der Waals surface area contributed by atoms with E-state index in [1.165, 1.54) is 6.92 Å². The van der Waals surface area contributed by atoms with Crippen molar-refractivity contribution in [3.05, 3.63) is 36.0 Å². The molecule has 1 aliphatic heterocycles. The predicted molar refractivity (Wildman–Crippen MR) is 80.8 cm³/mol. The Labute approximate surface area is 130 Å². The molecular weight excluding hydrogens is 284 g/mol. The highest BCUT2D eigenvalue weighted by atomic mass is 16.6. The molecule has 1 saturated heterocycles. The van der Waals surface area contributed by atoms with Crippen LogP contribution < -0.4 is 0 Å². The van der Waals surface area contributed by atoms with Gasteiger partial charge in [0.15, 0.2) is 0 Å². The molecule has 0 aromatic rings. The molecule has 1 fully saturated rings. The zero-order valence-corrected chi connectivity index (χ0v) is 13.0. The molecule has 0 saturated carbocycles. The Morgan fingerprint density at radius 3 is 2.77 bits per heavy atom. The third-order valence-electron chi connectivity index (χ3n) is 4.28. The van der Waals surface area contributed by atoms with Gasteiger partial charge in [-0.2, -0.15) is 0 Å². The van der Waals surface area contributed by atoms with Crippen molar-refractivity contribution in [1.82, 2.24) is 0 Å². The van der Waals surface area contributed by atoms with E-state index >= 15 is 0 Å². The maximum atomic E-state index is 11.7. The van der Waals surface area contributed by atoms with Gasteiger partial charge >= 0.3 is 11.9 Å². The van der Waals surface area contributed by atoms with Crippen LogP contribution >= 0.6 is 0 Å². The van der Waals surface area contributed by atoms with E-state index in [1.807, 2.05) is 0 Å².